The number of carbonyl (C=O) groups excluding carboxylic acids is 1. The number of ether oxygens (including phenoxy) is 7. The van der Waals surface area contributed by atoms with E-state index >= 15 is 4.79 Å². The number of urea groups is 1. The van der Waals surface area contributed by atoms with Crippen LogP contribution >= 0.6 is 0 Å². The van der Waals surface area contributed by atoms with E-state index in [-0.39, 0.29) is 37.5 Å². The number of phenols is 1. The van der Waals surface area contributed by atoms with Gasteiger partial charge in [-0.2, -0.15) is 0 Å². The Balaban J connectivity index is 1.10. The second kappa shape index (κ2) is 10.3. The summed E-state index contributed by atoms with van der Waals surface area (Å²) in [4.78, 5) is 19.2. The molecule has 1 N–H and O–H groups in total. The topological polar surface area (TPSA) is 108 Å². The van der Waals surface area contributed by atoms with Gasteiger partial charge in [0.15, 0.2) is 46.0 Å². The van der Waals surface area contributed by atoms with Crippen molar-refractivity contribution < 1.29 is 43.1 Å². The highest BCUT2D eigenvalue weighted by atomic mass is 16.7. The summed E-state index contributed by atoms with van der Waals surface area (Å²) in [6.45, 7) is 1.42. The fourth-order valence-electron chi connectivity index (χ4n) is 9.10. The summed E-state index contributed by atoms with van der Waals surface area (Å²) in [7, 11) is 4.76. The molecule has 250 valence electrons. The molecule has 0 saturated heterocycles. The van der Waals surface area contributed by atoms with Crippen LogP contribution in [0.5, 0.6) is 46.0 Å². The van der Waals surface area contributed by atoms with Crippen molar-refractivity contribution in [3.63, 3.8) is 0 Å². The average Bonchev–Trinajstić information content (AvgIpc) is 3.81. The first-order chi connectivity index (χ1) is 24.0. The van der Waals surface area contributed by atoms with E-state index < -0.39 is 0 Å². The van der Waals surface area contributed by atoms with Gasteiger partial charge in [0.25, 0.3) is 0 Å². The average molecular weight is 663 g/mol. The predicted molar refractivity (Wildman–Crippen MR) is 176 cm³/mol. The third-order valence-corrected chi connectivity index (χ3v) is 11.1. The van der Waals surface area contributed by atoms with Crippen molar-refractivity contribution in [2.45, 2.75) is 37.8 Å². The molecule has 4 aromatic carbocycles. The molecular formula is C38H34N2O9. The summed E-state index contributed by atoms with van der Waals surface area (Å²) in [5, 5.41) is 11.5. The monoisotopic (exact) mass is 662 g/mol. The van der Waals surface area contributed by atoms with E-state index in [1.165, 1.54) is 0 Å². The molecule has 49 heavy (non-hydrogen) atoms. The number of benzene rings is 4. The van der Waals surface area contributed by atoms with Gasteiger partial charge in [0.05, 0.1) is 33.4 Å². The van der Waals surface area contributed by atoms with Gasteiger partial charge < -0.3 is 48.1 Å². The molecule has 4 aromatic rings. The van der Waals surface area contributed by atoms with Gasteiger partial charge in [0.2, 0.25) is 13.6 Å². The zero-order valence-electron chi connectivity index (χ0n) is 27.4. The van der Waals surface area contributed by atoms with Crippen LogP contribution in [-0.2, 0) is 25.7 Å². The Morgan fingerprint density at radius 3 is 1.98 bits per heavy atom. The van der Waals surface area contributed by atoms with Gasteiger partial charge in [-0.1, -0.05) is 12.1 Å². The highest BCUT2D eigenvalue weighted by Gasteiger charge is 2.47. The second-order valence-electron chi connectivity index (χ2n) is 13.2. The molecule has 0 saturated carbocycles. The number of hydrogen-bond acceptors (Lipinski definition) is 9. The van der Waals surface area contributed by atoms with Gasteiger partial charge in [-0.05, 0) is 83.3 Å². The summed E-state index contributed by atoms with van der Waals surface area (Å²) in [5.41, 5.74) is 9.63. The first-order valence-electron chi connectivity index (χ1n) is 16.6. The Labute approximate surface area is 282 Å². The highest BCUT2D eigenvalue weighted by molar-refractivity contribution is 5.92. The van der Waals surface area contributed by atoms with Gasteiger partial charge in [-0.15, -0.1) is 0 Å². The molecule has 4 heterocycles. The van der Waals surface area contributed by atoms with Crippen LogP contribution in [0, 0.1) is 0 Å². The molecular weight excluding hydrogens is 628 g/mol. The van der Waals surface area contributed by atoms with E-state index in [9.17, 15) is 5.11 Å². The van der Waals surface area contributed by atoms with E-state index in [2.05, 4.69) is 12.1 Å². The number of fused-ring (bicyclic) bond motifs is 8. The van der Waals surface area contributed by atoms with Crippen LogP contribution in [0.1, 0.15) is 45.5 Å². The number of methoxy groups -OCH3 is 3. The lowest BCUT2D eigenvalue weighted by molar-refractivity contribution is 0.106. The molecule has 11 heteroatoms. The smallest absolute Gasteiger partial charge is 0.321 e. The van der Waals surface area contributed by atoms with E-state index in [0.717, 1.165) is 61.6 Å². The quantitative estimate of drug-likeness (QED) is 0.285. The molecule has 4 aliphatic heterocycles. The Hall–Kier alpha value is -5.45. The van der Waals surface area contributed by atoms with Crippen LogP contribution in [0.2, 0.25) is 0 Å². The van der Waals surface area contributed by atoms with Gasteiger partial charge in [0.1, 0.15) is 0 Å². The molecule has 6 aliphatic rings. The van der Waals surface area contributed by atoms with Gasteiger partial charge in [-0.25, -0.2) is 4.79 Å². The SMILES string of the molecule is COc1ccc2c(c1O)-c1c(OC)c(OC)cc3c1[C@H](C2)N(C(=O)N1CCc2cc4c(c5c2[C@H]1Cc1ccc2c(c1-5)OCO2)OCO4)CC3. The van der Waals surface area contributed by atoms with Crippen molar-refractivity contribution in [1.29, 1.82) is 0 Å². The van der Waals surface area contributed by atoms with Crippen molar-refractivity contribution in [3.8, 4) is 68.2 Å². The number of carbonyl (C=O) groups is 1. The molecule has 2 amide bonds. The summed E-state index contributed by atoms with van der Waals surface area (Å²) in [6, 6.07) is 11.4. The first-order valence-corrected chi connectivity index (χ1v) is 16.6. The standard InChI is InChI=1S/C38H34N2O9/c1-43-24-6-4-18-12-22-28-20(14-26(44-2)35(45-3)32(28)30(18)34(24)41)8-10-39(22)38(42)40-11-9-21-15-27-37(49-17-47-27)33-29(21)23(40)13-19-5-7-25-36(31(19)33)48-16-46-25/h4-7,14-15,22-23,41H,8-13,16-17H2,1-3H3/t22-,23+/m0/s1. The van der Waals surface area contributed by atoms with Crippen molar-refractivity contribution in [2.75, 3.05) is 48.0 Å². The lowest BCUT2D eigenvalue weighted by atomic mass is 9.75. The van der Waals surface area contributed by atoms with Crippen molar-refractivity contribution in [1.82, 2.24) is 9.80 Å². The minimum atomic E-state index is -0.270. The van der Waals surface area contributed by atoms with Crippen LogP contribution in [0.25, 0.3) is 22.3 Å². The Bertz CT molecular complexity index is 2130. The minimum Gasteiger partial charge on any atom is -0.504 e. The molecule has 11 nitrogen and oxygen atoms in total. The Morgan fingerprint density at radius 2 is 1.29 bits per heavy atom. The highest BCUT2D eigenvalue weighted by Crippen LogP contribution is 2.60. The maximum Gasteiger partial charge on any atom is 0.321 e. The molecule has 2 aliphatic carbocycles. The van der Waals surface area contributed by atoms with E-state index in [0.29, 0.717) is 73.1 Å². The van der Waals surface area contributed by atoms with Crippen LogP contribution in [0.15, 0.2) is 36.4 Å². The van der Waals surface area contributed by atoms with E-state index in [1.54, 1.807) is 27.4 Å². The Morgan fingerprint density at radius 1 is 0.673 bits per heavy atom. The van der Waals surface area contributed by atoms with Crippen molar-refractivity contribution >= 4 is 6.03 Å². The van der Waals surface area contributed by atoms with Crippen LogP contribution in [0.3, 0.4) is 0 Å². The predicted octanol–water partition coefficient (Wildman–Crippen LogP) is 5.94. The van der Waals surface area contributed by atoms with E-state index in [1.807, 2.05) is 28.0 Å². The summed E-state index contributed by atoms with van der Waals surface area (Å²) >= 11 is 0. The maximum absolute atomic E-state index is 15.1. The maximum atomic E-state index is 15.1. The zero-order valence-corrected chi connectivity index (χ0v) is 27.4. The van der Waals surface area contributed by atoms with Gasteiger partial charge in [-0.3, -0.25) is 0 Å². The third-order valence-electron chi connectivity index (χ3n) is 11.1. The largest absolute Gasteiger partial charge is 0.504 e. The lowest BCUT2D eigenvalue weighted by Crippen LogP contribution is -2.52. The summed E-state index contributed by atoms with van der Waals surface area (Å²) < 4.78 is 41.1. The number of nitrogens with zero attached hydrogens (tertiary/aromatic N) is 2. The lowest BCUT2D eigenvalue weighted by Gasteiger charge is -2.47. The fraction of sp³-hybridized carbons (Fsp3) is 0.342. The first kappa shape index (κ1) is 28.6. The number of hydrogen-bond donors (Lipinski definition) is 1. The normalized spacial score (nSPS) is 19.8. The van der Waals surface area contributed by atoms with Crippen molar-refractivity contribution in [2.24, 2.45) is 0 Å². The molecule has 0 aromatic heterocycles. The van der Waals surface area contributed by atoms with Crippen molar-refractivity contribution in [3.05, 3.63) is 69.8 Å². The van der Waals surface area contributed by atoms with Crippen LogP contribution < -0.4 is 33.2 Å². The summed E-state index contributed by atoms with van der Waals surface area (Å²) in [5.74, 6) is 4.39. The van der Waals surface area contributed by atoms with E-state index in [4.69, 9.17) is 33.2 Å². The fourth-order valence-corrected chi connectivity index (χ4v) is 9.10. The minimum absolute atomic E-state index is 0.0129. The molecule has 0 spiro atoms. The number of aromatic hydroxyl groups is 1. The molecule has 0 unspecified atom stereocenters. The molecule has 0 fully saturated rings. The van der Waals surface area contributed by atoms with Gasteiger partial charge in [0, 0.05) is 35.3 Å². The summed E-state index contributed by atoms with van der Waals surface area (Å²) in [6.07, 6.45) is 2.50. The second-order valence-corrected chi connectivity index (χ2v) is 13.2. The van der Waals surface area contributed by atoms with Crippen LogP contribution in [-0.4, -0.2) is 68.9 Å². The molecule has 0 radical (unpaired) electrons. The molecule has 0 bridgehead atoms. The molecule has 10 rings (SSSR count). The Kier molecular flexibility index (Phi) is 5.99. The van der Waals surface area contributed by atoms with Gasteiger partial charge >= 0.3 is 6.03 Å². The number of phenolic OH excluding ortho intramolecular Hbond substituents is 1. The number of rotatable bonds is 3. The third kappa shape index (κ3) is 3.75. The van der Waals surface area contributed by atoms with Crippen LogP contribution in [0.4, 0.5) is 4.79 Å². The zero-order chi connectivity index (χ0) is 33.1. The molecule has 2 atom stereocenters. The number of amides is 2.